The number of hydrogen-bond acceptors (Lipinski definition) is 3. The molecule has 4 rings (SSSR count). The minimum atomic E-state index is -0.0835. The van der Waals surface area contributed by atoms with E-state index in [2.05, 4.69) is 24.0 Å². The Kier molecular flexibility index (Phi) is 4.42. The quantitative estimate of drug-likeness (QED) is 0.902. The molecular formula is C20H26N4O2. The Bertz CT molecular complexity index is 843. The smallest absolute Gasteiger partial charge is 0.228 e. The van der Waals surface area contributed by atoms with Crippen molar-refractivity contribution in [3.05, 3.63) is 29.6 Å². The molecule has 6 heteroatoms. The molecule has 0 saturated carbocycles. The number of likely N-dealkylation sites (tertiary alicyclic amines) is 2. The number of aryl methyl sites for hydroxylation is 1. The van der Waals surface area contributed by atoms with E-state index in [4.69, 9.17) is 4.98 Å². The van der Waals surface area contributed by atoms with Crippen molar-refractivity contribution in [3.8, 4) is 0 Å². The summed E-state index contributed by atoms with van der Waals surface area (Å²) in [5, 5.41) is 0. The first kappa shape index (κ1) is 17.1. The average Bonchev–Trinajstić information content (AvgIpc) is 3.27. The number of nitrogens with zero attached hydrogens (tertiary/aromatic N) is 3. The van der Waals surface area contributed by atoms with Gasteiger partial charge in [0.15, 0.2) is 0 Å². The van der Waals surface area contributed by atoms with Gasteiger partial charge in [-0.15, -0.1) is 0 Å². The lowest BCUT2D eigenvalue weighted by molar-refractivity contribution is -0.141. The van der Waals surface area contributed by atoms with Crippen LogP contribution in [0.2, 0.25) is 0 Å². The summed E-state index contributed by atoms with van der Waals surface area (Å²) >= 11 is 0. The van der Waals surface area contributed by atoms with Gasteiger partial charge in [0, 0.05) is 26.6 Å². The van der Waals surface area contributed by atoms with Gasteiger partial charge < -0.3 is 14.8 Å². The second-order valence-corrected chi connectivity index (χ2v) is 7.64. The van der Waals surface area contributed by atoms with E-state index in [1.165, 1.54) is 5.56 Å². The number of piperidine rings is 1. The van der Waals surface area contributed by atoms with Crippen LogP contribution in [-0.2, 0) is 9.59 Å². The molecule has 0 radical (unpaired) electrons. The molecular weight excluding hydrogens is 328 g/mol. The normalized spacial score (nSPS) is 23.6. The monoisotopic (exact) mass is 354 g/mol. The number of aromatic amines is 1. The molecule has 2 aliphatic heterocycles. The summed E-state index contributed by atoms with van der Waals surface area (Å²) < 4.78 is 0. The van der Waals surface area contributed by atoms with E-state index in [9.17, 15) is 9.59 Å². The molecule has 2 aromatic rings. The minimum Gasteiger partial charge on any atom is -0.342 e. The van der Waals surface area contributed by atoms with Crippen molar-refractivity contribution in [2.45, 2.75) is 45.6 Å². The van der Waals surface area contributed by atoms with E-state index >= 15 is 0 Å². The van der Waals surface area contributed by atoms with Crippen molar-refractivity contribution in [3.63, 3.8) is 0 Å². The molecule has 26 heavy (non-hydrogen) atoms. The highest BCUT2D eigenvalue weighted by molar-refractivity contribution is 5.82. The van der Waals surface area contributed by atoms with Gasteiger partial charge in [-0.05, 0) is 50.3 Å². The Labute approximate surface area is 153 Å². The number of aromatic nitrogens is 2. The van der Waals surface area contributed by atoms with E-state index in [1.54, 1.807) is 11.8 Å². The number of rotatable bonds is 2. The van der Waals surface area contributed by atoms with Gasteiger partial charge in [0.2, 0.25) is 11.8 Å². The number of carbonyl (C=O) groups is 2. The molecule has 3 heterocycles. The molecule has 0 bridgehead atoms. The van der Waals surface area contributed by atoms with Crippen molar-refractivity contribution < 1.29 is 9.59 Å². The number of amides is 2. The largest absolute Gasteiger partial charge is 0.342 e. The van der Waals surface area contributed by atoms with Crippen LogP contribution in [0.3, 0.4) is 0 Å². The van der Waals surface area contributed by atoms with Crippen molar-refractivity contribution in [2.75, 3.05) is 19.6 Å². The van der Waals surface area contributed by atoms with Crippen molar-refractivity contribution in [1.29, 1.82) is 0 Å². The molecule has 1 N–H and O–H groups in total. The first-order chi connectivity index (χ1) is 12.5. The molecule has 0 spiro atoms. The molecule has 138 valence electrons. The first-order valence-electron chi connectivity index (χ1n) is 9.55. The van der Waals surface area contributed by atoms with Crippen LogP contribution in [0.25, 0.3) is 11.0 Å². The van der Waals surface area contributed by atoms with Crippen LogP contribution in [0.1, 0.15) is 50.0 Å². The first-order valence-corrected chi connectivity index (χ1v) is 9.55. The third kappa shape index (κ3) is 3.08. The van der Waals surface area contributed by atoms with E-state index in [1.807, 2.05) is 11.0 Å². The number of carbonyl (C=O) groups excluding carboxylic acids is 2. The zero-order chi connectivity index (χ0) is 18.3. The number of hydrogen-bond donors (Lipinski definition) is 1. The van der Waals surface area contributed by atoms with Crippen LogP contribution in [0, 0.1) is 12.8 Å². The van der Waals surface area contributed by atoms with Crippen LogP contribution in [0.15, 0.2) is 18.2 Å². The Balaban J connectivity index is 1.55. The highest BCUT2D eigenvalue weighted by Gasteiger charge is 2.37. The SMILES string of the molecule is CC(=O)N1CCCC(C(=O)N2CCCC2c2nc3ccc(C)cc3[nH]2)C1. The molecule has 0 aliphatic carbocycles. The van der Waals surface area contributed by atoms with E-state index in [0.29, 0.717) is 6.54 Å². The Morgan fingerprint density at radius 1 is 1.19 bits per heavy atom. The van der Waals surface area contributed by atoms with Crippen molar-refractivity contribution in [2.24, 2.45) is 5.92 Å². The van der Waals surface area contributed by atoms with Gasteiger partial charge in [0.25, 0.3) is 0 Å². The summed E-state index contributed by atoms with van der Waals surface area (Å²) in [4.78, 5) is 36.8. The van der Waals surface area contributed by atoms with Gasteiger partial charge in [-0.1, -0.05) is 6.07 Å². The summed E-state index contributed by atoms with van der Waals surface area (Å²) in [5.74, 6) is 1.04. The van der Waals surface area contributed by atoms with Crippen LogP contribution in [-0.4, -0.2) is 51.2 Å². The van der Waals surface area contributed by atoms with E-state index < -0.39 is 0 Å². The summed E-state index contributed by atoms with van der Waals surface area (Å²) in [6, 6.07) is 6.20. The third-order valence-electron chi connectivity index (χ3n) is 5.72. The van der Waals surface area contributed by atoms with E-state index in [0.717, 1.165) is 55.6 Å². The number of imidazole rings is 1. The maximum Gasteiger partial charge on any atom is 0.228 e. The lowest BCUT2D eigenvalue weighted by Crippen LogP contribution is -2.46. The Morgan fingerprint density at radius 3 is 2.81 bits per heavy atom. The molecule has 2 atom stereocenters. The summed E-state index contributed by atoms with van der Waals surface area (Å²) in [6.07, 6.45) is 3.70. The Morgan fingerprint density at radius 2 is 2.00 bits per heavy atom. The predicted octanol–water partition coefficient (Wildman–Crippen LogP) is 2.79. The fourth-order valence-electron chi connectivity index (χ4n) is 4.32. The van der Waals surface area contributed by atoms with Gasteiger partial charge in [0.1, 0.15) is 5.82 Å². The van der Waals surface area contributed by atoms with E-state index in [-0.39, 0.29) is 23.8 Å². The second-order valence-electron chi connectivity index (χ2n) is 7.64. The topological polar surface area (TPSA) is 69.3 Å². The van der Waals surface area contributed by atoms with Crippen LogP contribution in [0.5, 0.6) is 0 Å². The standard InChI is InChI=1S/C20H26N4O2/c1-13-7-8-16-17(11-13)22-19(21-16)18-6-4-10-24(18)20(26)15-5-3-9-23(12-15)14(2)25/h7-8,11,15,18H,3-6,9-10,12H2,1-2H3,(H,21,22). The zero-order valence-corrected chi connectivity index (χ0v) is 15.5. The van der Waals surface area contributed by atoms with Crippen LogP contribution < -0.4 is 0 Å². The molecule has 2 aliphatic rings. The van der Waals surface area contributed by atoms with Gasteiger partial charge in [-0.2, -0.15) is 0 Å². The van der Waals surface area contributed by atoms with Crippen molar-refractivity contribution >= 4 is 22.8 Å². The fourth-order valence-corrected chi connectivity index (χ4v) is 4.32. The molecule has 2 saturated heterocycles. The number of H-pyrrole nitrogens is 1. The predicted molar refractivity (Wildman–Crippen MR) is 99.5 cm³/mol. The van der Waals surface area contributed by atoms with Crippen LogP contribution in [0.4, 0.5) is 0 Å². The lowest BCUT2D eigenvalue weighted by Gasteiger charge is -2.34. The maximum absolute atomic E-state index is 13.2. The maximum atomic E-state index is 13.2. The highest BCUT2D eigenvalue weighted by atomic mass is 16.2. The average molecular weight is 354 g/mol. The summed E-state index contributed by atoms with van der Waals surface area (Å²) in [7, 11) is 0. The molecule has 2 fully saturated rings. The number of fused-ring (bicyclic) bond motifs is 1. The Hall–Kier alpha value is -2.37. The molecule has 1 aromatic carbocycles. The fraction of sp³-hybridized carbons (Fsp3) is 0.550. The van der Waals surface area contributed by atoms with Crippen LogP contribution >= 0.6 is 0 Å². The summed E-state index contributed by atoms with van der Waals surface area (Å²) in [6.45, 7) is 5.75. The number of benzene rings is 1. The van der Waals surface area contributed by atoms with Gasteiger partial charge >= 0.3 is 0 Å². The van der Waals surface area contributed by atoms with Gasteiger partial charge in [0.05, 0.1) is 23.0 Å². The molecule has 2 amide bonds. The molecule has 1 aromatic heterocycles. The van der Waals surface area contributed by atoms with Crippen molar-refractivity contribution in [1.82, 2.24) is 19.8 Å². The zero-order valence-electron chi connectivity index (χ0n) is 15.5. The number of nitrogens with one attached hydrogen (secondary N) is 1. The molecule has 6 nitrogen and oxygen atoms in total. The molecule has 2 unspecified atom stereocenters. The highest BCUT2D eigenvalue weighted by Crippen LogP contribution is 2.34. The second kappa shape index (κ2) is 6.74. The lowest BCUT2D eigenvalue weighted by atomic mass is 9.96. The third-order valence-corrected chi connectivity index (χ3v) is 5.72. The summed E-state index contributed by atoms with van der Waals surface area (Å²) in [5.41, 5.74) is 3.17. The van der Waals surface area contributed by atoms with Gasteiger partial charge in [-0.25, -0.2) is 4.98 Å². The minimum absolute atomic E-state index is 0.0166. The van der Waals surface area contributed by atoms with Gasteiger partial charge in [-0.3, -0.25) is 9.59 Å².